The lowest BCUT2D eigenvalue weighted by Crippen LogP contribution is -2.41. The molecule has 12 nitrogen and oxygen atoms in total. The molecule has 0 aliphatic carbocycles. The summed E-state index contributed by atoms with van der Waals surface area (Å²) < 4.78 is 20.8. The van der Waals surface area contributed by atoms with Gasteiger partial charge in [-0.05, 0) is 49.9 Å². The van der Waals surface area contributed by atoms with Crippen LogP contribution in [-0.2, 0) is 27.5 Å². The number of furan rings is 2. The van der Waals surface area contributed by atoms with Crippen LogP contribution in [0.5, 0.6) is 0 Å². The maximum atomic E-state index is 12.0. The van der Waals surface area contributed by atoms with E-state index in [1.807, 2.05) is 0 Å². The highest BCUT2D eigenvalue weighted by Gasteiger charge is 2.40. The van der Waals surface area contributed by atoms with Gasteiger partial charge >= 0.3 is 0 Å². The summed E-state index contributed by atoms with van der Waals surface area (Å²) in [5, 5.41) is 55.2. The molecule has 2 saturated heterocycles. The molecule has 0 radical (unpaired) electrons. The summed E-state index contributed by atoms with van der Waals surface area (Å²) in [4.78, 5) is 23.8. The predicted molar refractivity (Wildman–Crippen MR) is 120 cm³/mol. The van der Waals surface area contributed by atoms with Gasteiger partial charge in [-0.1, -0.05) is 0 Å². The molecule has 6 atom stereocenters. The Balaban J connectivity index is 0.000000201. The number of carbonyl (C=O) groups excluding carboxylic acids is 2. The number of hydrogen-bond donors (Lipinski definition) is 6. The lowest BCUT2D eigenvalue weighted by Gasteiger charge is -2.20. The van der Waals surface area contributed by atoms with Gasteiger partial charge in [0, 0.05) is 0 Å². The third kappa shape index (κ3) is 6.87. The zero-order valence-electron chi connectivity index (χ0n) is 19.6. The Kier molecular flexibility index (Phi) is 10.3. The standard InChI is InChI=1S/C12H20O6.C12H12O6/c2*13-5-7-1-3-9(17-7)11(15)12(16)10-4-2-8(6-14)18-10/h7-11,13-15H,1-6H2;1-4,11,13-15H,5-6H2. The van der Waals surface area contributed by atoms with Gasteiger partial charge in [0.2, 0.25) is 5.78 Å². The minimum atomic E-state index is -1.50. The summed E-state index contributed by atoms with van der Waals surface area (Å²) >= 11 is 0. The van der Waals surface area contributed by atoms with Gasteiger partial charge < -0.3 is 48.9 Å². The fraction of sp³-hybridized carbons (Fsp3) is 0.583. The van der Waals surface area contributed by atoms with E-state index in [1.165, 1.54) is 24.3 Å². The number of aliphatic hydroxyl groups excluding tert-OH is 6. The summed E-state index contributed by atoms with van der Waals surface area (Å²) in [5.41, 5.74) is 0. The van der Waals surface area contributed by atoms with Crippen molar-refractivity contribution in [2.45, 2.75) is 75.5 Å². The molecule has 2 aliphatic heterocycles. The predicted octanol–water partition coefficient (Wildman–Crippen LogP) is -0.230. The number of aliphatic hydroxyl groups is 6. The van der Waals surface area contributed by atoms with Gasteiger partial charge in [-0.15, -0.1) is 0 Å². The van der Waals surface area contributed by atoms with Crippen LogP contribution in [0.2, 0.25) is 0 Å². The summed E-state index contributed by atoms with van der Waals surface area (Å²) in [5.74, 6) is -0.587. The highest BCUT2D eigenvalue weighted by Crippen LogP contribution is 2.27. The fourth-order valence-electron chi connectivity index (χ4n) is 4.01. The molecule has 6 N–H and O–H groups in total. The van der Waals surface area contributed by atoms with Gasteiger partial charge in [-0.25, -0.2) is 0 Å². The third-order valence-electron chi connectivity index (χ3n) is 6.03. The molecule has 4 rings (SSSR count). The van der Waals surface area contributed by atoms with Crippen LogP contribution in [0.1, 0.15) is 59.6 Å². The van der Waals surface area contributed by atoms with E-state index in [-0.39, 0.29) is 67.5 Å². The van der Waals surface area contributed by atoms with Crippen molar-refractivity contribution >= 4 is 11.6 Å². The maximum absolute atomic E-state index is 12.0. The summed E-state index contributed by atoms with van der Waals surface area (Å²) in [7, 11) is 0. The maximum Gasteiger partial charge on any atom is 0.234 e. The first-order valence-corrected chi connectivity index (χ1v) is 11.7. The number of rotatable bonds is 10. The first kappa shape index (κ1) is 28.2. The van der Waals surface area contributed by atoms with Crippen LogP contribution >= 0.6 is 0 Å². The van der Waals surface area contributed by atoms with Crippen LogP contribution in [0.25, 0.3) is 0 Å². The van der Waals surface area contributed by atoms with Crippen molar-refractivity contribution in [2.24, 2.45) is 0 Å². The van der Waals surface area contributed by atoms with Crippen LogP contribution in [-0.4, -0.2) is 85.9 Å². The molecule has 200 valence electrons. The molecule has 2 aliphatic rings. The molecule has 2 aromatic heterocycles. The lowest BCUT2D eigenvalue weighted by atomic mass is 10.0. The second kappa shape index (κ2) is 13.2. The third-order valence-corrected chi connectivity index (χ3v) is 6.03. The van der Waals surface area contributed by atoms with Crippen molar-refractivity contribution in [3.8, 4) is 0 Å². The van der Waals surface area contributed by atoms with Crippen molar-refractivity contribution < 1.29 is 58.5 Å². The minimum absolute atomic E-state index is 0.0333. The zero-order chi connectivity index (χ0) is 26.2. The summed E-state index contributed by atoms with van der Waals surface area (Å²) in [6.07, 6.45) is -2.12. The molecule has 0 spiro atoms. The minimum Gasteiger partial charge on any atom is -0.460 e. The topological polar surface area (TPSA) is 200 Å². The van der Waals surface area contributed by atoms with Gasteiger partial charge in [-0.2, -0.15) is 0 Å². The molecule has 2 aromatic rings. The Labute approximate surface area is 206 Å². The van der Waals surface area contributed by atoms with E-state index in [4.69, 9.17) is 38.7 Å². The Morgan fingerprint density at radius 3 is 1.97 bits per heavy atom. The quantitative estimate of drug-likeness (QED) is 0.229. The van der Waals surface area contributed by atoms with E-state index >= 15 is 0 Å². The average molecular weight is 513 g/mol. The molecule has 36 heavy (non-hydrogen) atoms. The number of carbonyl (C=O) groups is 2. The Hall–Kier alpha value is -2.42. The van der Waals surface area contributed by atoms with Crippen LogP contribution in [0, 0.1) is 0 Å². The van der Waals surface area contributed by atoms with Crippen LogP contribution < -0.4 is 0 Å². The van der Waals surface area contributed by atoms with Crippen molar-refractivity contribution in [1.82, 2.24) is 0 Å². The Morgan fingerprint density at radius 1 is 0.806 bits per heavy atom. The molecule has 4 heterocycles. The molecule has 6 unspecified atom stereocenters. The van der Waals surface area contributed by atoms with Gasteiger partial charge in [-0.3, -0.25) is 9.59 Å². The highest BCUT2D eigenvalue weighted by atomic mass is 16.5. The van der Waals surface area contributed by atoms with E-state index in [0.717, 1.165) is 0 Å². The summed E-state index contributed by atoms with van der Waals surface area (Å²) in [6.45, 7) is -0.828. The van der Waals surface area contributed by atoms with Crippen molar-refractivity contribution in [3.63, 3.8) is 0 Å². The molecule has 0 bridgehead atoms. The van der Waals surface area contributed by atoms with E-state index in [2.05, 4.69) is 0 Å². The van der Waals surface area contributed by atoms with Gasteiger partial charge in [0.1, 0.15) is 42.7 Å². The van der Waals surface area contributed by atoms with Crippen LogP contribution in [0.15, 0.2) is 33.1 Å². The molecular weight excluding hydrogens is 480 g/mol. The van der Waals surface area contributed by atoms with Crippen molar-refractivity contribution in [1.29, 1.82) is 0 Å². The fourth-order valence-corrected chi connectivity index (χ4v) is 4.01. The zero-order valence-corrected chi connectivity index (χ0v) is 19.6. The van der Waals surface area contributed by atoms with Crippen LogP contribution in [0.4, 0.5) is 0 Å². The van der Waals surface area contributed by atoms with Crippen molar-refractivity contribution in [3.05, 3.63) is 47.3 Å². The number of ether oxygens (including phenoxy) is 2. The molecular formula is C24H32O12. The van der Waals surface area contributed by atoms with E-state index < -0.39 is 30.2 Å². The molecule has 12 heteroatoms. The molecule has 0 aromatic carbocycles. The van der Waals surface area contributed by atoms with E-state index in [9.17, 15) is 19.8 Å². The van der Waals surface area contributed by atoms with Gasteiger partial charge in [0.25, 0.3) is 0 Å². The SMILES string of the molecule is O=C(C1CCC(CO)O1)C(O)C1CCC(CO)O1.O=C(c1ccc(CO)o1)C(O)c1ccc(CO)o1. The van der Waals surface area contributed by atoms with Crippen molar-refractivity contribution in [2.75, 3.05) is 13.2 Å². The molecule has 0 saturated carbocycles. The Morgan fingerprint density at radius 2 is 1.42 bits per heavy atom. The second-order valence-corrected chi connectivity index (χ2v) is 8.56. The number of Topliss-reactive ketones (excluding diaryl/α,β-unsaturated/α-hetero) is 2. The first-order valence-electron chi connectivity index (χ1n) is 11.7. The largest absolute Gasteiger partial charge is 0.460 e. The van der Waals surface area contributed by atoms with E-state index in [1.54, 1.807) is 0 Å². The van der Waals surface area contributed by atoms with Crippen LogP contribution in [0.3, 0.4) is 0 Å². The van der Waals surface area contributed by atoms with Gasteiger partial charge in [0.05, 0.1) is 31.5 Å². The Bertz CT molecular complexity index is 981. The van der Waals surface area contributed by atoms with E-state index in [0.29, 0.717) is 25.7 Å². The highest BCUT2D eigenvalue weighted by molar-refractivity contribution is 5.97. The average Bonchev–Trinajstić information content (AvgIpc) is 3.72. The number of ketones is 2. The second-order valence-electron chi connectivity index (χ2n) is 8.56. The van der Waals surface area contributed by atoms with Gasteiger partial charge in [0.15, 0.2) is 17.6 Å². The monoisotopic (exact) mass is 512 g/mol. The number of hydrogen-bond acceptors (Lipinski definition) is 12. The smallest absolute Gasteiger partial charge is 0.234 e. The normalized spacial score (nSPS) is 25.3. The lowest BCUT2D eigenvalue weighted by molar-refractivity contribution is -0.147. The first-order chi connectivity index (χ1) is 17.3. The molecule has 2 fully saturated rings. The summed E-state index contributed by atoms with van der Waals surface area (Å²) in [6, 6.07) is 5.69. The molecule has 0 amide bonds.